The number of rotatable bonds is 4. The van der Waals surface area contributed by atoms with Crippen molar-refractivity contribution >= 4 is 11.6 Å². The first-order valence-corrected chi connectivity index (χ1v) is 7.56. The molecule has 1 unspecified atom stereocenters. The van der Waals surface area contributed by atoms with E-state index in [-0.39, 0.29) is 11.5 Å². The number of aromatic nitrogens is 2. The van der Waals surface area contributed by atoms with Crippen LogP contribution >= 0.6 is 0 Å². The van der Waals surface area contributed by atoms with Gasteiger partial charge in [-0.3, -0.25) is 9.59 Å². The Morgan fingerprint density at radius 1 is 1.17 bits per heavy atom. The lowest BCUT2D eigenvalue weighted by atomic mass is 10.2. The summed E-state index contributed by atoms with van der Waals surface area (Å²) < 4.78 is 6.44. The van der Waals surface area contributed by atoms with Crippen molar-refractivity contribution in [2.45, 2.75) is 19.9 Å². The summed E-state index contributed by atoms with van der Waals surface area (Å²) in [7, 11) is 0. The van der Waals surface area contributed by atoms with E-state index in [0.717, 1.165) is 10.2 Å². The van der Waals surface area contributed by atoms with Gasteiger partial charge in [-0.05, 0) is 44.2 Å². The van der Waals surface area contributed by atoms with E-state index in [1.165, 1.54) is 12.3 Å². The molecule has 2 heterocycles. The quantitative estimate of drug-likeness (QED) is 0.800. The molecule has 0 radical (unpaired) electrons. The van der Waals surface area contributed by atoms with Gasteiger partial charge in [-0.2, -0.15) is 5.10 Å². The van der Waals surface area contributed by atoms with Gasteiger partial charge in [0, 0.05) is 11.8 Å². The number of aryl methyl sites for hydroxylation is 1. The first-order chi connectivity index (χ1) is 11.5. The predicted octanol–water partition coefficient (Wildman–Crippen LogP) is 3.01. The van der Waals surface area contributed by atoms with Crippen LogP contribution < -0.4 is 10.9 Å². The molecule has 0 saturated carbocycles. The van der Waals surface area contributed by atoms with Gasteiger partial charge in [0.1, 0.15) is 11.7 Å². The van der Waals surface area contributed by atoms with Crippen molar-refractivity contribution in [3.8, 4) is 11.5 Å². The minimum atomic E-state index is -0.756. The highest BCUT2D eigenvalue weighted by Gasteiger charge is 2.18. The molecule has 1 atom stereocenters. The molecular formula is C18H17N3O3. The number of anilines is 1. The number of nitrogens with zero attached hydrogens (tertiary/aromatic N) is 2. The molecule has 0 saturated heterocycles. The molecule has 6 nitrogen and oxygen atoms in total. The Kier molecular flexibility index (Phi) is 4.29. The molecule has 2 aromatic heterocycles. The molecule has 1 amide bonds. The third kappa shape index (κ3) is 3.27. The van der Waals surface area contributed by atoms with Crippen molar-refractivity contribution in [1.29, 1.82) is 0 Å². The molecule has 122 valence electrons. The standard InChI is InChI=1S/C18H17N3O3/c1-12-5-7-14(8-6-12)19-18(23)13(2)21-17(22)10-9-15(20-21)16-4-3-11-24-16/h3-11,13H,1-2H3,(H,19,23). The fourth-order valence-electron chi connectivity index (χ4n) is 2.25. The zero-order chi connectivity index (χ0) is 17.1. The van der Waals surface area contributed by atoms with E-state index in [0.29, 0.717) is 17.1 Å². The molecule has 6 heteroatoms. The monoisotopic (exact) mass is 323 g/mol. The third-order valence-corrected chi connectivity index (χ3v) is 3.66. The summed E-state index contributed by atoms with van der Waals surface area (Å²) in [6.45, 7) is 3.60. The number of carbonyl (C=O) groups excluding carboxylic acids is 1. The molecule has 24 heavy (non-hydrogen) atoms. The minimum Gasteiger partial charge on any atom is -0.463 e. The molecule has 1 aromatic carbocycles. The maximum absolute atomic E-state index is 12.4. The summed E-state index contributed by atoms with van der Waals surface area (Å²) >= 11 is 0. The number of furan rings is 1. The van der Waals surface area contributed by atoms with Crippen LogP contribution in [0.15, 0.2) is 64.0 Å². The maximum Gasteiger partial charge on any atom is 0.267 e. The fourth-order valence-corrected chi connectivity index (χ4v) is 2.25. The second-order valence-corrected chi connectivity index (χ2v) is 5.51. The van der Waals surface area contributed by atoms with Crippen LogP contribution in [-0.2, 0) is 4.79 Å². The van der Waals surface area contributed by atoms with Gasteiger partial charge in [-0.1, -0.05) is 17.7 Å². The Balaban J connectivity index is 1.84. The number of hydrogen-bond acceptors (Lipinski definition) is 4. The van der Waals surface area contributed by atoms with Crippen LogP contribution in [0.1, 0.15) is 18.5 Å². The molecule has 0 fully saturated rings. The molecule has 3 aromatic rings. The number of amides is 1. The number of carbonyl (C=O) groups is 1. The van der Waals surface area contributed by atoms with E-state index < -0.39 is 6.04 Å². The summed E-state index contributed by atoms with van der Waals surface area (Å²) in [5.74, 6) is 0.222. The summed E-state index contributed by atoms with van der Waals surface area (Å²) in [6.07, 6.45) is 1.53. The molecule has 0 aliphatic rings. The number of benzene rings is 1. The van der Waals surface area contributed by atoms with Gasteiger partial charge in [0.15, 0.2) is 5.76 Å². The minimum absolute atomic E-state index is 0.315. The van der Waals surface area contributed by atoms with E-state index >= 15 is 0 Å². The number of nitrogens with one attached hydrogen (secondary N) is 1. The highest BCUT2D eigenvalue weighted by Crippen LogP contribution is 2.17. The van der Waals surface area contributed by atoms with Crippen LogP contribution in [0.4, 0.5) is 5.69 Å². The topological polar surface area (TPSA) is 77.1 Å². The van der Waals surface area contributed by atoms with Crippen molar-refractivity contribution in [3.05, 3.63) is 70.7 Å². The molecule has 3 rings (SSSR count). The van der Waals surface area contributed by atoms with Crippen LogP contribution in [0.5, 0.6) is 0 Å². The van der Waals surface area contributed by atoms with Crippen molar-refractivity contribution in [2.75, 3.05) is 5.32 Å². The smallest absolute Gasteiger partial charge is 0.267 e. The van der Waals surface area contributed by atoms with Gasteiger partial charge >= 0.3 is 0 Å². The van der Waals surface area contributed by atoms with Gasteiger partial charge in [-0.15, -0.1) is 0 Å². The second kappa shape index (κ2) is 6.54. The second-order valence-electron chi connectivity index (χ2n) is 5.51. The van der Waals surface area contributed by atoms with E-state index in [1.54, 1.807) is 25.1 Å². The van der Waals surface area contributed by atoms with Crippen molar-refractivity contribution in [3.63, 3.8) is 0 Å². The fraction of sp³-hybridized carbons (Fsp3) is 0.167. The molecule has 0 aliphatic carbocycles. The molecule has 0 aliphatic heterocycles. The average molecular weight is 323 g/mol. The van der Waals surface area contributed by atoms with Gasteiger partial charge < -0.3 is 9.73 Å². The van der Waals surface area contributed by atoms with Crippen LogP contribution in [0, 0.1) is 6.92 Å². The highest BCUT2D eigenvalue weighted by molar-refractivity contribution is 5.93. The zero-order valence-corrected chi connectivity index (χ0v) is 13.4. The largest absolute Gasteiger partial charge is 0.463 e. The molecule has 0 bridgehead atoms. The Bertz CT molecular complexity index is 896. The van der Waals surface area contributed by atoms with Gasteiger partial charge in [0.25, 0.3) is 5.56 Å². The Labute approximate surface area is 138 Å². The van der Waals surface area contributed by atoms with Gasteiger partial charge in [0.05, 0.1) is 6.26 Å². The van der Waals surface area contributed by atoms with Crippen LogP contribution in [-0.4, -0.2) is 15.7 Å². The first kappa shape index (κ1) is 15.7. The van der Waals surface area contributed by atoms with E-state index in [4.69, 9.17) is 4.42 Å². The summed E-state index contributed by atoms with van der Waals surface area (Å²) in [5, 5.41) is 7.03. The van der Waals surface area contributed by atoms with E-state index in [2.05, 4.69) is 10.4 Å². The zero-order valence-electron chi connectivity index (χ0n) is 13.4. The lowest BCUT2D eigenvalue weighted by Gasteiger charge is -2.14. The first-order valence-electron chi connectivity index (χ1n) is 7.56. The van der Waals surface area contributed by atoms with Crippen LogP contribution in [0.2, 0.25) is 0 Å². The molecule has 1 N–H and O–H groups in total. The summed E-state index contributed by atoms with van der Waals surface area (Å²) in [5.41, 5.74) is 1.92. The summed E-state index contributed by atoms with van der Waals surface area (Å²) in [4.78, 5) is 24.5. The lowest BCUT2D eigenvalue weighted by molar-refractivity contribution is -0.119. The Hall–Kier alpha value is -3.15. The average Bonchev–Trinajstić information content (AvgIpc) is 3.11. The maximum atomic E-state index is 12.4. The summed E-state index contributed by atoms with van der Waals surface area (Å²) in [6, 6.07) is 13.1. The Morgan fingerprint density at radius 2 is 1.92 bits per heavy atom. The molecular weight excluding hydrogens is 306 g/mol. The lowest BCUT2D eigenvalue weighted by Crippen LogP contribution is -2.33. The predicted molar refractivity (Wildman–Crippen MR) is 90.7 cm³/mol. The van der Waals surface area contributed by atoms with E-state index in [9.17, 15) is 9.59 Å². The van der Waals surface area contributed by atoms with Crippen molar-refractivity contribution < 1.29 is 9.21 Å². The molecule has 0 spiro atoms. The Morgan fingerprint density at radius 3 is 2.58 bits per heavy atom. The van der Waals surface area contributed by atoms with Gasteiger partial charge in [0.2, 0.25) is 5.91 Å². The third-order valence-electron chi connectivity index (χ3n) is 3.66. The number of hydrogen-bond donors (Lipinski definition) is 1. The van der Waals surface area contributed by atoms with Crippen LogP contribution in [0.25, 0.3) is 11.5 Å². The van der Waals surface area contributed by atoms with Crippen LogP contribution in [0.3, 0.4) is 0 Å². The highest BCUT2D eigenvalue weighted by atomic mass is 16.3. The normalized spacial score (nSPS) is 11.9. The van der Waals surface area contributed by atoms with Crippen molar-refractivity contribution in [1.82, 2.24) is 9.78 Å². The van der Waals surface area contributed by atoms with Gasteiger partial charge in [-0.25, -0.2) is 4.68 Å². The van der Waals surface area contributed by atoms with Crippen molar-refractivity contribution in [2.24, 2.45) is 0 Å². The van der Waals surface area contributed by atoms with E-state index in [1.807, 2.05) is 31.2 Å². The SMILES string of the molecule is Cc1ccc(NC(=O)C(C)n2nc(-c3ccco3)ccc2=O)cc1.